The van der Waals surface area contributed by atoms with Crippen molar-refractivity contribution in [3.8, 4) is 0 Å². The van der Waals surface area contributed by atoms with Crippen LogP contribution in [0.25, 0.3) is 0 Å². The molecule has 0 radical (unpaired) electrons. The lowest BCUT2D eigenvalue weighted by atomic mass is 10.1. The molecule has 0 spiro atoms. The van der Waals surface area contributed by atoms with Crippen LogP contribution in [0.15, 0.2) is 0 Å². The van der Waals surface area contributed by atoms with Gasteiger partial charge in [-0.25, -0.2) is 0 Å². The molecule has 1 aliphatic carbocycles. The summed E-state index contributed by atoms with van der Waals surface area (Å²) >= 11 is 0. The summed E-state index contributed by atoms with van der Waals surface area (Å²) in [6.07, 6.45) is 0. The van der Waals surface area contributed by atoms with Gasteiger partial charge in [0, 0.05) is 13.1 Å². The van der Waals surface area contributed by atoms with Gasteiger partial charge in [0.2, 0.25) is 11.8 Å². The monoisotopic (exact) mass is 298 g/mol. The minimum atomic E-state index is -0.965. The second kappa shape index (κ2) is 5.63. The Morgan fingerprint density at radius 1 is 1.24 bits per heavy atom. The predicted molar refractivity (Wildman–Crippen MR) is 73.4 cm³/mol. The Balaban J connectivity index is 1.91. The van der Waals surface area contributed by atoms with Crippen molar-refractivity contribution in [1.82, 2.24) is 10.2 Å². The summed E-state index contributed by atoms with van der Waals surface area (Å²) in [5.74, 6) is -2.73. The minimum absolute atomic E-state index is 0.156. The van der Waals surface area contributed by atoms with Crippen molar-refractivity contribution in [2.24, 2.45) is 17.3 Å². The van der Waals surface area contributed by atoms with Crippen LogP contribution in [-0.4, -0.2) is 60.1 Å². The number of amides is 2. The number of rotatable bonds is 4. The molecule has 0 bridgehead atoms. The summed E-state index contributed by atoms with van der Waals surface area (Å²) < 4.78 is 5.18. The molecule has 2 amide bonds. The first kappa shape index (κ1) is 15.8. The van der Waals surface area contributed by atoms with Crippen LogP contribution in [0.4, 0.5) is 0 Å². The summed E-state index contributed by atoms with van der Waals surface area (Å²) in [4.78, 5) is 37.1. The van der Waals surface area contributed by atoms with Crippen LogP contribution in [0.1, 0.15) is 20.8 Å². The number of hydrogen-bond acceptors (Lipinski definition) is 4. The number of hydrogen-bond donors (Lipinski definition) is 2. The third-order valence-corrected chi connectivity index (χ3v) is 4.43. The molecule has 2 aliphatic rings. The molecule has 2 rings (SSSR count). The highest BCUT2D eigenvalue weighted by Crippen LogP contribution is 2.58. The molecule has 0 aromatic rings. The SMILES string of the molecule is CC(NC(=O)[C@H]1[C@@H](C(=O)O)C1(C)C)C(=O)N1CCOCC1. The number of carbonyl (C=O) groups is 3. The Morgan fingerprint density at radius 3 is 2.29 bits per heavy atom. The van der Waals surface area contributed by atoms with E-state index in [2.05, 4.69) is 5.32 Å². The highest BCUT2D eigenvalue weighted by Gasteiger charge is 2.66. The van der Waals surface area contributed by atoms with Gasteiger partial charge in [-0.05, 0) is 12.3 Å². The fourth-order valence-corrected chi connectivity index (χ4v) is 3.01. The Kier molecular flexibility index (Phi) is 4.22. The normalized spacial score (nSPS) is 28.6. The van der Waals surface area contributed by atoms with Crippen molar-refractivity contribution < 1.29 is 24.2 Å². The zero-order chi connectivity index (χ0) is 15.8. The smallest absolute Gasteiger partial charge is 0.307 e. The average molecular weight is 298 g/mol. The second-order valence-corrected chi connectivity index (χ2v) is 6.28. The number of carboxylic acids is 1. The van der Waals surface area contributed by atoms with Crippen LogP contribution in [0, 0.1) is 17.3 Å². The lowest BCUT2D eigenvalue weighted by molar-refractivity contribution is -0.141. The lowest BCUT2D eigenvalue weighted by Crippen LogP contribution is -2.51. The van der Waals surface area contributed by atoms with Crippen LogP contribution in [0.3, 0.4) is 0 Å². The largest absolute Gasteiger partial charge is 0.481 e. The first-order valence-electron chi connectivity index (χ1n) is 7.16. The molecule has 2 N–H and O–H groups in total. The van der Waals surface area contributed by atoms with Gasteiger partial charge in [0.15, 0.2) is 0 Å². The van der Waals surface area contributed by atoms with E-state index in [4.69, 9.17) is 9.84 Å². The summed E-state index contributed by atoms with van der Waals surface area (Å²) in [7, 11) is 0. The Labute approximate surface area is 123 Å². The third-order valence-electron chi connectivity index (χ3n) is 4.43. The van der Waals surface area contributed by atoms with Gasteiger partial charge in [-0.3, -0.25) is 14.4 Å². The maximum atomic E-state index is 12.2. The third kappa shape index (κ3) is 3.02. The minimum Gasteiger partial charge on any atom is -0.481 e. The van der Waals surface area contributed by atoms with Gasteiger partial charge in [-0.2, -0.15) is 0 Å². The Hall–Kier alpha value is -1.63. The first-order valence-corrected chi connectivity index (χ1v) is 7.16. The first-order chi connectivity index (χ1) is 9.76. The van der Waals surface area contributed by atoms with Gasteiger partial charge >= 0.3 is 5.97 Å². The number of nitrogens with zero attached hydrogens (tertiary/aromatic N) is 1. The molecule has 118 valence electrons. The molecule has 1 saturated carbocycles. The van der Waals surface area contributed by atoms with Gasteiger partial charge in [0.05, 0.1) is 25.0 Å². The van der Waals surface area contributed by atoms with Crippen LogP contribution in [0.5, 0.6) is 0 Å². The molecule has 1 saturated heterocycles. The summed E-state index contributed by atoms with van der Waals surface area (Å²) in [6, 6.07) is -0.651. The van der Waals surface area contributed by atoms with E-state index in [-0.39, 0.29) is 11.8 Å². The van der Waals surface area contributed by atoms with E-state index in [0.717, 1.165) is 0 Å². The molecule has 3 atom stereocenters. The zero-order valence-corrected chi connectivity index (χ0v) is 12.6. The fraction of sp³-hybridized carbons (Fsp3) is 0.786. The fourth-order valence-electron chi connectivity index (χ4n) is 3.01. The van der Waals surface area contributed by atoms with E-state index in [0.29, 0.717) is 26.3 Å². The number of ether oxygens (including phenoxy) is 1. The number of aliphatic carboxylic acids is 1. The van der Waals surface area contributed by atoms with Crippen molar-refractivity contribution >= 4 is 17.8 Å². The van der Waals surface area contributed by atoms with E-state index < -0.39 is 29.3 Å². The molecule has 7 nitrogen and oxygen atoms in total. The van der Waals surface area contributed by atoms with Gasteiger partial charge in [-0.15, -0.1) is 0 Å². The van der Waals surface area contributed by atoms with Crippen molar-refractivity contribution in [1.29, 1.82) is 0 Å². The van der Waals surface area contributed by atoms with Crippen molar-refractivity contribution in [2.45, 2.75) is 26.8 Å². The van der Waals surface area contributed by atoms with Gasteiger partial charge in [0.25, 0.3) is 0 Å². The molecule has 7 heteroatoms. The van der Waals surface area contributed by atoms with Crippen LogP contribution in [-0.2, 0) is 19.1 Å². The molecule has 0 aromatic carbocycles. The van der Waals surface area contributed by atoms with E-state index in [1.165, 1.54) is 0 Å². The van der Waals surface area contributed by atoms with Crippen molar-refractivity contribution in [3.05, 3.63) is 0 Å². The molecule has 1 unspecified atom stereocenters. The number of nitrogens with one attached hydrogen (secondary N) is 1. The van der Waals surface area contributed by atoms with Gasteiger partial charge in [-0.1, -0.05) is 13.8 Å². The van der Waals surface area contributed by atoms with E-state index in [9.17, 15) is 14.4 Å². The number of carboxylic acid groups (broad SMARTS) is 1. The predicted octanol–water partition coefficient (Wildman–Crippen LogP) is -0.293. The Morgan fingerprint density at radius 2 is 1.81 bits per heavy atom. The summed E-state index contributed by atoms with van der Waals surface area (Å²) in [5, 5.41) is 11.7. The van der Waals surface area contributed by atoms with E-state index >= 15 is 0 Å². The highest BCUT2D eigenvalue weighted by atomic mass is 16.5. The quantitative estimate of drug-likeness (QED) is 0.743. The molecular weight excluding hydrogens is 276 g/mol. The highest BCUT2D eigenvalue weighted by molar-refractivity contribution is 5.94. The summed E-state index contributed by atoms with van der Waals surface area (Å²) in [6.45, 7) is 7.18. The molecule has 21 heavy (non-hydrogen) atoms. The van der Waals surface area contributed by atoms with Crippen LogP contribution < -0.4 is 5.32 Å². The molecular formula is C14H22N2O5. The second-order valence-electron chi connectivity index (χ2n) is 6.28. The van der Waals surface area contributed by atoms with Crippen molar-refractivity contribution in [2.75, 3.05) is 26.3 Å². The zero-order valence-electron chi connectivity index (χ0n) is 12.6. The van der Waals surface area contributed by atoms with Crippen LogP contribution >= 0.6 is 0 Å². The number of carbonyl (C=O) groups excluding carboxylic acids is 2. The van der Waals surface area contributed by atoms with Gasteiger partial charge < -0.3 is 20.1 Å². The standard InChI is InChI=1S/C14H22N2O5/c1-8(12(18)16-4-6-21-7-5-16)15-11(17)9-10(13(19)20)14(9,2)3/h8-10H,4-7H2,1-3H3,(H,15,17)(H,19,20)/t8?,9-,10+/m1/s1. The van der Waals surface area contributed by atoms with E-state index in [1.54, 1.807) is 25.7 Å². The topological polar surface area (TPSA) is 95.9 Å². The Bertz CT molecular complexity index is 456. The average Bonchev–Trinajstić information content (AvgIpc) is 3.02. The maximum Gasteiger partial charge on any atom is 0.307 e. The number of morpholine rings is 1. The molecule has 2 fully saturated rings. The molecule has 0 aromatic heterocycles. The van der Waals surface area contributed by atoms with Crippen molar-refractivity contribution in [3.63, 3.8) is 0 Å². The van der Waals surface area contributed by atoms with E-state index in [1.807, 2.05) is 0 Å². The lowest BCUT2D eigenvalue weighted by Gasteiger charge is -2.29. The maximum absolute atomic E-state index is 12.2. The summed E-state index contributed by atoms with van der Waals surface area (Å²) in [5.41, 5.74) is -0.558. The van der Waals surface area contributed by atoms with Gasteiger partial charge in [0.1, 0.15) is 6.04 Å². The van der Waals surface area contributed by atoms with Crippen LogP contribution in [0.2, 0.25) is 0 Å². The molecule has 1 aliphatic heterocycles. The molecule has 1 heterocycles.